The van der Waals surface area contributed by atoms with Gasteiger partial charge < -0.3 is 15.0 Å². The summed E-state index contributed by atoms with van der Waals surface area (Å²) in [6.07, 6.45) is 1.66. The lowest BCUT2D eigenvalue weighted by Crippen LogP contribution is -2.48. The molecule has 2 N–H and O–H groups in total. The van der Waals surface area contributed by atoms with Crippen LogP contribution in [0.1, 0.15) is 35.6 Å². The van der Waals surface area contributed by atoms with Crippen molar-refractivity contribution in [1.82, 2.24) is 15.2 Å². The van der Waals surface area contributed by atoms with Crippen LogP contribution in [0.25, 0.3) is 0 Å². The summed E-state index contributed by atoms with van der Waals surface area (Å²) < 4.78 is 5.28. The van der Waals surface area contributed by atoms with E-state index in [0.717, 1.165) is 38.4 Å². The third kappa shape index (κ3) is 2.59. The van der Waals surface area contributed by atoms with E-state index in [2.05, 4.69) is 15.6 Å². The number of hydrogen-bond acceptors (Lipinski definition) is 5. The first-order valence-electron chi connectivity index (χ1n) is 7.82. The minimum absolute atomic E-state index is 0.110. The number of anilines is 1. The number of aromatic nitrogens is 1. The Labute approximate surface area is 138 Å². The minimum Gasteiger partial charge on any atom is -0.380 e. The van der Waals surface area contributed by atoms with E-state index in [-0.39, 0.29) is 22.9 Å². The van der Waals surface area contributed by atoms with Gasteiger partial charge in [0, 0.05) is 30.5 Å². The molecule has 3 amide bonds. The largest absolute Gasteiger partial charge is 0.380 e. The number of carbonyl (C=O) groups is 2. The van der Waals surface area contributed by atoms with Crippen LogP contribution in [-0.2, 0) is 11.2 Å². The van der Waals surface area contributed by atoms with E-state index in [9.17, 15) is 9.59 Å². The fraction of sp³-hybridized carbons (Fsp3) is 0.667. The van der Waals surface area contributed by atoms with E-state index in [1.54, 1.807) is 0 Å². The summed E-state index contributed by atoms with van der Waals surface area (Å²) in [4.78, 5) is 31.4. The number of fused-ring (bicyclic) bond motifs is 1. The van der Waals surface area contributed by atoms with E-state index in [1.165, 1.54) is 11.3 Å². The predicted octanol–water partition coefficient (Wildman–Crippen LogP) is 1.46. The highest BCUT2D eigenvalue weighted by Crippen LogP contribution is 2.38. The van der Waals surface area contributed by atoms with E-state index in [0.29, 0.717) is 16.4 Å². The summed E-state index contributed by atoms with van der Waals surface area (Å²) in [6, 6.07) is -0.139. The van der Waals surface area contributed by atoms with Crippen molar-refractivity contribution in [3.05, 3.63) is 10.6 Å². The summed E-state index contributed by atoms with van der Waals surface area (Å²) in [5, 5.41) is 6.30. The van der Waals surface area contributed by atoms with Gasteiger partial charge in [0.2, 0.25) is 0 Å². The summed E-state index contributed by atoms with van der Waals surface area (Å²) in [6.45, 7) is 6.91. The SMILES string of the molecule is CC1(C)Cc2nc(NC(=O)N3CCC4(COC4)C3)sc2C(=O)N1. The van der Waals surface area contributed by atoms with Gasteiger partial charge in [-0.2, -0.15) is 0 Å². The molecule has 8 heteroatoms. The molecule has 4 rings (SSSR count). The standard InChI is InChI=1S/C15H20N4O3S/c1-14(2)5-9-10(11(20)18-14)23-12(16-9)17-13(21)19-4-3-15(6-19)7-22-8-15/h3-8H2,1-2H3,(H,18,20)(H,16,17,21). The van der Waals surface area contributed by atoms with Gasteiger partial charge in [-0.1, -0.05) is 11.3 Å². The summed E-state index contributed by atoms with van der Waals surface area (Å²) in [5.41, 5.74) is 0.637. The van der Waals surface area contributed by atoms with E-state index >= 15 is 0 Å². The van der Waals surface area contributed by atoms with Crippen molar-refractivity contribution < 1.29 is 14.3 Å². The van der Waals surface area contributed by atoms with Gasteiger partial charge in [-0.3, -0.25) is 10.1 Å². The first-order chi connectivity index (χ1) is 10.9. The number of thiazole rings is 1. The van der Waals surface area contributed by atoms with Crippen LogP contribution in [-0.4, -0.2) is 53.7 Å². The zero-order chi connectivity index (χ0) is 16.2. The summed E-state index contributed by atoms with van der Waals surface area (Å²) in [5.74, 6) is -0.110. The molecule has 0 bridgehead atoms. The molecule has 0 aliphatic carbocycles. The highest BCUT2D eigenvalue weighted by Gasteiger charge is 2.46. The Kier molecular flexibility index (Phi) is 3.18. The fourth-order valence-electron chi connectivity index (χ4n) is 3.43. The average molecular weight is 336 g/mol. The van der Waals surface area contributed by atoms with Crippen LogP contribution in [0.15, 0.2) is 0 Å². The van der Waals surface area contributed by atoms with Crippen molar-refractivity contribution in [2.24, 2.45) is 5.41 Å². The van der Waals surface area contributed by atoms with Crippen LogP contribution in [0.5, 0.6) is 0 Å². The Morgan fingerprint density at radius 2 is 2.22 bits per heavy atom. The third-order valence-corrected chi connectivity index (χ3v) is 5.73. The van der Waals surface area contributed by atoms with Crippen LogP contribution in [0.2, 0.25) is 0 Å². The lowest BCUT2D eigenvalue weighted by atomic mass is 9.85. The summed E-state index contributed by atoms with van der Waals surface area (Å²) in [7, 11) is 0. The lowest BCUT2D eigenvalue weighted by molar-refractivity contribution is -0.103. The number of amides is 3. The maximum atomic E-state index is 12.4. The van der Waals surface area contributed by atoms with Crippen LogP contribution in [0.3, 0.4) is 0 Å². The first-order valence-corrected chi connectivity index (χ1v) is 8.63. The van der Waals surface area contributed by atoms with Crippen molar-refractivity contribution in [3.8, 4) is 0 Å². The number of ether oxygens (including phenoxy) is 1. The quantitative estimate of drug-likeness (QED) is 0.813. The second-order valence-electron chi connectivity index (χ2n) is 7.40. The van der Waals surface area contributed by atoms with Crippen molar-refractivity contribution in [2.45, 2.75) is 32.2 Å². The predicted molar refractivity (Wildman–Crippen MR) is 85.8 cm³/mol. The molecule has 3 aliphatic rings. The number of hydrogen-bond donors (Lipinski definition) is 2. The highest BCUT2D eigenvalue weighted by molar-refractivity contribution is 7.17. The van der Waals surface area contributed by atoms with Crippen molar-refractivity contribution in [3.63, 3.8) is 0 Å². The number of carbonyl (C=O) groups excluding carboxylic acids is 2. The normalized spacial score (nSPS) is 24.1. The van der Waals surface area contributed by atoms with Crippen molar-refractivity contribution in [2.75, 3.05) is 31.6 Å². The summed E-state index contributed by atoms with van der Waals surface area (Å²) >= 11 is 1.24. The number of likely N-dealkylation sites (tertiary alicyclic amines) is 1. The Balaban J connectivity index is 1.46. The van der Waals surface area contributed by atoms with E-state index < -0.39 is 0 Å². The maximum absolute atomic E-state index is 12.4. The minimum atomic E-state index is -0.301. The smallest absolute Gasteiger partial charge is 0.323 e. The number of nitrogens with one attached hydrogen (secondary N) is 2. The maximum Gasteiger partial charge on any atom is 0.323 e. The molecule has 3 aliphatic heterocycles. The highest BCUT2D eigenvalue weighted by atomic mass is 32.1. The second-order valence-corrected chi connectivity index (χ2v) is 8.40. The molecule has 23 heavy (non-hydrogen) atoms. The molecule has 0 atom stereocenters. The molecule has 1 aromatic heterocycles. The van der Waals surface area contributed by atoms with Gasteiger partial charge in [0.25, 0.3) is 5.91 Å². The molecule has 0 radical (unpaired) electrons. The lowest BCUT2D eigenvalue weighted by Gasteiger charge is -2.37. The van der Waals surface area contributed by atoms with E-state index in [4.69, 9.17) is 4.74 Å². The average Bonchev–Trinajstić information content (AvgIpc) is 3.00. The fourth-order valence-corrected chi connectivity index (χ4v) is 4.30. The number of urea groups is 1. The van der Waals surface area contributed by atoms with Crippen LogP contribution < -0.4 is 10.6 Å². The molecule has 4 heterocycles. The zero-order valence-corrected chi connectivity index (χ0v) is 14.1. The molecule has 7 nitrogen and oxygen atoms in total. The Morgan fingerprint density at radius 3 is 2.87 bits per heavy atom. The van der Waals surface area contributed by atoms with Gasteiger partial charge in [0.1, 0.15) is 4.88 Å². The van der Waals surface area contributed by atoms with Gasteiger partial charge in [-0.25, -0.2) is 9.78 Å². The molecule has 124 valence electrons. The van der Waals surface area contributed by atoms with Crippen molar-refractivity contribution >= 4 is 28.4 Å². The second kappa shape index (κ2) is 4.91. The van der Waals surface area contributed by atoms with Crippen LogP contribution in [0.4, 0.5) is 9.93 Å². The van der Waals surface area contributed by atoms with Crippen LogP contribution >= 0.6 is 11.3 Å². The molecule has 0 saturated carbocycles. The molecular formula is C15H20N4O3S. The van der Waals surface area contributed by atoms with Gasteiger partial charge in [-0.15, -0.1) is 0 Å². The van der Waals surface area contributed by atoms with E-state index in [1.807, 2.05) is 18.7 Å². The molecule has 2 saturated heterocycles. The molecule has 1 spiro atoms. The molecule has 2 fully saturated rings. The van der Waals surface area contributed by atoms with Gasteiger partial charge in [0.15, 0.2) is 5.13 Å². The molecule has 0 aromatic carbocycles. The third-order valence-electron chi connectivity index (χ3n) is 4.72. The van der Waals surface area contributed by atoms with Gasteiger partial charge in [0.05, 0.1) is 18.9 Å². The molecular weight excluding hydrogens is 316 g/mol. The number of nitrogens with zero attached hydrogens (tertiary/aromatic N) is 2. The number of rotatable bonds is 1. The van der Waals surface area contributed by atoms with Gasteiger partial charge in [-0.05, 0) is 20.3 Å². The first kappa shape index (κ1) is 14.9. The Morgan fingerprint density at radius 1 is 1.43 bits per heavy atom. The van der Waals surface area contributed by atoms with Crippen molar-refractivity contribution in [1.29, 1.82) is 0 Å². The molecule has 1 aromatic rings. The Bertz CT molecular complexity index is 680. The topological polar surface area (TPSA) is 83.6 Å². The Hall–Kier alpha value is -1.67. The zero-order valence-electron chi connectivity index (χ0n) is 13.3. The molecule has 0 unspecified atom stereocenters. The van der Waals surface area contributed by atoms with Gasteiger partial charge >= 0.3 is 6.03 Å². The van der Waals surface area contributed by atoms with Crippen LogP contribution in [0, 0.1) is 5.41 Å². The monoisotopic (exact) mass is 336 g/mol.